The van der Waals surface area contributed by atoms with E-state index < -0.39 is 5.95 Å². The zero-order chi connectivity index (χ0) is 14.7. The average Bonchev–Trinajstić information content (AvgIpc) is 3.00. The molecule has 3 heterocycles. The van der Waals surface area contributed by atoms with Gasteiger partial charge in [-0.25, -0.2) is 4.98 Å². The van der Waals surface area contributed by atoms with Crippen molar-refractivity contribution in [1.82, 2.24) is 14.8 Å². The Labute approximate surface area is 126 Å². The molecule has 0 radical (unpaired) electrons. The molecular weight excluding hydrogens is 289 g/mol. The van der Waals surface area contributed by atoms with Crippen molar-refractivity contribution in [3.63, 3.8) is 0 Å². The van der Waals surface area contributed by atoms with Crippen molar-refractivity contribution in [1.29, 1.82) is 0 Å². The highest BCUT2D eigenvalue weighted by Crippen LogP contribution is 2.14. The van der Waals surface area contributed by atoms with Crippen LogP contribution in [0.4, 0.5) is 4.39 Å². The molecule has 0 aromatic carbocycles. The van der Waals surface area contributed by atoms with Gasteiger partial charge < -0.3 is 4.90 Å². The standard InChI is InChI=1S/C15H16FN3OS/c16-14-5-1-4-13(17-14)15(20)19-8-6-18(7-9-19)11-12-3-2-10-21-12/h1-5,10H,6-9,11H2. The second-order valence-corrected chi connectivity index (χ2v) is 6.03. The van der Waals surface area contributed by atoms with Crippen LogP contribution < -0.4 is 0 Å². The number of amides is 1. The summed E-state index contributed by atoms with van der Waals surface area (Å²) in [5.41, 5.74) is 0.182. The van der Waals surface area contributed by atoms with E-state index in [0.29, 0.717) is 13.1 Å². The van der Waals surface area contributed by atoms with Crippen molar-refractivity contribution in [2.45, 2.75) is 6.54 Å². The van der Waals surface area contributed by atoms with E-state index in [-0.39, 0.29) is 11.6 Å². The summed E-state index contributed by atoms with van der Waals surface area (Å²) in [5, 5.41) is 2.07. The van der Waals surface area contributed by atoms with Gasteiger partial charge in [0.15, 0.2) is 0 Å². The third-order valence-corrected chi connectivity index (χ3v) is 4.41. The minimum atomic E-state index is -0.614. The molecule has 0 unspecified atom stereocenters. The molecule has 3 rings (SSSR count). The summed E-state index contributed by atoms with van der Waals surface area (Å²) in [6, 6.07) is 8.50. The molecule has 0 N–H and O–H groups in total. The third kappa shape index (κ3) is 3.46. The Balaban J connectivity index is 1.57. The number of pyridine rings is 1. The van der Waals surface area contributed by atoms with Crippen LogP contribution in [-0.4, -0.2) is 46.9 Å². The van der Waals surface area contributed by atoms with Gasteiger partial charge >= 0.3 is 0 Å². The van der Waals surface area contributed by atoms with Crippen LogP contribution in [0.2, 0.25) is 0 Å². The topological polar surface area (TPSA) is 36.4 Å². The van der Waals surface area contributed by atoms with Crippen LogP contribution in [0.3, 0.4) is 0 Å². The Bertz CT molecular complexity index is 609. The van der Waals surface area contributed by atoms with Gasteiger partial charge in [-0.3, -0.25) is 9.69 Å². The Hall–Kier alpha value is -1.79. The fourth-order valence-electron chi connectivity index (χ4n) is 2.42. The first-order valence-corrected chi connectivity index (χ1v) is 7.77. The first kappa shape index (κ1) is 14.2. The zero-order valence-corrected chi connectivity index (χ0v) is 12.4. The molecule has 4 nitrogen and oxygen atoms in total. The van der Waals surface area contributed by atoms with Crippen LogP contribution in [0.15, 0.2) is 35.7 Å². The molecular formula is C15H16FN3OS. The lowest BCUT2D eigenvalue weighted by molar-refractivity contribution is 0.0622. The smallest absolute Gasteiger partial charge is 0.272 e. The third-order valence-electron chi connectivity index (χ3n) is 3.55. The van der Waals surface area contributed by atoms with Gasteiger partial charge in [0.05, 0.1) is 0 Å². The zero-order valence-electron chi connectivity index (χ0n) is 11.5. The second kappa shape index (κ2) is 6.32. The fourth-order valence-corrected chi connectivity index (χ4v) is 3.17. The van der Waals surface area contributed by atoms with Gasteiger partial charge in [-0.2, -0.15) is 4.39 Å². The highest BCUT2D eigenvalue weighted by molar-refractivity contribution is 7.09. The summed E-state index contributed by atoms with van der Waals surface area (Å²) in [6.07, 6.45) is 0. The van der Waals surface area contributed by atoms with Gasteiger partial charge in [-0.1, -0.05) is 12.1 Å². The van der Waals surface area contributed by atoms with Crippen molar-refractivity contribution in [3.8, 4) is 0 Å². The molecule has 0 aliphatic carbocycles. The van der Waals surface area contributed by atoms with Crippen LogP contribution in [0, 0.1) is 5.95 Å². The number of aromatic nitrogens is 1. The molecule has 1 saturated heterocycles. The monoisotopic (exact) mass is 305 g/mol. The van der Waals surface area contributed by atoms with Crippen molar-refractivity contribution in [3.05, 3.63) is 52.2 Å². The number of hydrogen-bond acceptors (Lipinski definition) is 4. The number of thiophene rings is 1. The highest BCUT2D eigenvalue weighted by Gasteiger charge is 2.23. The Morgan fingerprint density at radius 2 is 2.00 bits per heavy atom. The number of carbonyl (C=O) groups excluding carboxylic acids is 1. The van der Waals surface area contributed by atoms with Crippen molar-refractivity contribution >= 4 is 17.2 Å². The van der Waals surface area contributed by atoms with E-state index in [2.05, 4.69) is 27.4 Å². The molecule has 2 aromatic rings. The van der Waals surface area contributed by atoms with E-state index >= 15 is 0 Å². The van der Waals surface area contributed by atoms with E-state index in [1.54, 1.807) is 22.3 Å². The molecule has 21 heavy (non-hydrogen) atoms. The van der Waals surface area contributed by atoms with Crippen molar-refractivity contribution in [2.24, 2.45) is 0 Å². The van der Waals surface area contributed by atoms with Gasteiger partial charge in [0.25, 0.3) is 5.91 Å². The van der Waals surface area contributed by atoms with Crippen LogP contribution in [0.5, 0.6) is 0 Å². The first-order valence-electron chi connectivity index (χ1n) is 6.89. The number of hydrogen-bond donors (Lipinski definition) is 0. The largest absolute Gasteiger partial charge is 0.335 e. The van der Waals surface area contributed by atoms with Crippen molar-refractivity contribution < 1.29 is 9.18 Å². The Morgan fingerprint density at radius 3 is 2.67 bits per heavy atom. The molecule has 0 saturated carbocycles. The minimum absolute atomic E-state index is 0.182. The van der Waals surface area contributed by atoms with Gasteiger partial charge in [-0.15, -0.1) is 11.3 Å². The number of nitrogens with zero attached hydrogens (tertiary/aromatic N) is 3. The molecule has 0 spiro atoms. The van der Waals surface area contributed by atoms with Crippen LogP contribution in [-0.2, 0) is 6.54 Å². The van der Waals surface area contributed by atoms with E-state index in [1.807, 2.05) is 0 Å². The summed E-state index contributed by atoms with van der Waals surface area (Å²) < 4.78 is 13.1. The molecule has 1 amide bonds. The normalized spacial score (nSPS) is 16.1. The maximum Gasteiger partial charge on any atom is 0.272 e. The summed E-state index contributed by atoms with van der Waals surface area (Å²) in [7, 11) is 0. The molecule has 6 heteroatoms. The quantitative estimate of drug-likeness (QED) is 0.816. The Morgan fingerprint density at radius 1 is 1.19 bits per heavy atom. The molecule has 1 aliphatic rings. The average molecular weight is 305 g/mol. The maximum atomic E-state index is 13.1. The molecule has 0 atom stereocenters. The molecule has 1 fully saturated rings. The number of halogens is 1. The summed E-state index contributed by atoms with van der Waals surface area (Å²) in [6.45, 7) is 3.90. The minimum Gasteiger partial charge on any atom is -0.335 e. The number of rotatable bonds is 3. The lowest BCUT2D eigenvalue weighted by Gasteiger charge is -2.34. The van der Waals surface area contributed by atoms with Gasteiger partial charge in [0.1, 0.15) is 5.69 Å². The van der Waals surface area contributed by atoms with E-state index in [9.17, 15) is 9.18 Å². The maximum absolute atomic E-state index is 13.1. The number of piperazine rings is 1. The summed E-state index contributed by atoms with van der Waals surface area (Å²) >= 11 is 1.75. The predicted octanol–water partition coefficient (Wildman–Crippen LogP) is 2.24. The SMILES string of the molecule is O=C(c1cccc(F)n1)N1CCN(Cc2cccs2)CC1. The van der Waals surface area contributed by atoms with Crippen LogP contribution in [0.25, 0.3) is 0 Å². The molecule has 1 aliphatic heterocycles. The lowest BCUT2D eigenvalue weighted by atomic mass is 10.2. The second-order valence-electron chi connectivity index (χ2n) is 4.99. The van der Waals surface area contributed by atoms with E-state index in [0.717, 1.165) is 19.6 Å². The highest BCUT2D eigenvalue weighted by atomic mass is 32.1. The van der Waals surface area contributed by atoms with Gasteiger partial charge in [0, 0.05) is 37.6 Å². The first-order chi connectivity index (χ1) is 10.2. The fraction of sp³-hybridized carbons (Fsp3) is 0.333. The van der Waals surface area contributed by atoms with Gasteiger partial charge in [-0.05, 0) is 23.6 Å². The van der Waals surface area contributed by atoms with Gasteiger partial charge in [0.2, 0.25) is 5.95 Å². The molecule has 2 aromatic heterocycles. The summed E-state index contributed by atoms with van der Waals surface area (Å²) in [4.78, 5) is 21.3. The Kier molecular flexibility index (Phi) is 4.26. The molecule has 110 valence electrons. The van der Waals surface area contributed by atoms with Crippen LogP contribution in [0.1, 0.15) is 15.4 Å². The molecule has 0 bridgehead atoms. The lowest BCUT2D eigenvalue weighted by Crippen LogP contribution is -2.48. The van der Waals surface area contributed by atoms with Crippen LogP contribution >= 0.6 is 11.3 Å². The van der Waals surface area contributed by atoms with E-state index in [1.165, 1.54) is 17.0 Å². The van der Waals surface area contributed by atoms with Crippen molar-refractivity contribution in [2.75, 3.05) is 26.2 Å². The van der Waals surface area contributed by atoms with E-state index in [4.69, 9.17) is 0 Å². The number of carbonyl (C=O) groups is 1. The summed E-state index contributed by atoms with van der Waals surface area (Å²) in [5.74, 6) is -0.803. The predicted molar refractivity (Wildman–Crippen MR) is 79.7 cm³/mol.